The quantitative estimate of drug-likeness (QED) is 0.337. The van der Waals surface area contributed by atoms with Crippen LogP contribution in [0.2, 0.25) is 5.02 Å². The third kappa shape index (κ3) is 5.42. The molecular formula is C21H30ClIN6. The summed E-state index contributed by atoms with van der Waals surface area (Å²) in [6, 6.07) is 8.23. The van der Waals surface area contributed by atoms with E-state index in [9.17, 15) is 0 Å². The van der Waals surface area contributed by atoms with Gasteiger partial charge in [0.1, 0.15) is 12.4 Å². The van der Waals surface area contributed by atoms with E-state index in [0.29, 0.717) is 6.54 Å². The molecule has 8 heteroatoms. The number of aliphatic imine (C=N–C) groups is 1. The topological polar surface area (TPSA) is 67.1 Å². The standard InChI is InChI=1S/C21H29ClN6.HI/c1-2-23-20(24-14-19-27-26-18-9-4-3-5-12-28(18)19)25-15-21(10-11-21)16-7-6-8-17(22)13-16;/h6-8,13H,2-5,9-12,14-15H2,1H3,(H2,23,24,25);1H. The molecule has 0 atom stereocenters. The second-order valence-electron chi connectivity index (χ2n) is 7.83. The maximum absolute atomic E-state index is 6.20. The summed E-state index contributed by atoms with van der Waals surface area (Å²) < 4.78 is 2.26. The molecular weight excluding hydrogens is 499 g/mol. The number of fused-ring (bicyclic) bond motifs is 1. The third-order valence-corrected chi connectivity index (χ3v) is 6.03. The molecule has 2 heterocycles. The zero-order chi connectivity index (χ0) is 19.4. The first-order valence-electron chi connectivity index (χ1n) is 10.4. The summed E-state index contributed by atoms with van der Waals surface area (Å²) in [7, 11) is 0. The van der Waals surface area contributed by atoms with Crippen molar-refractivity contribution in [2.24, 2.45) is 4.99 Å². The van der Waals surface area contributed by atoms with E-state index in [1.807, 2.05) is 12.1 Å². The molecule has 1 aliphatic heterocycles. The van der Waals surface area contributed by atoms with Gasteiger partial charge < -0.3 is 15.2 Å². The number of rotatable bonds is 6. The van der Waals surface area contributed by atoms with Crippen LogP contribution >= 0.6 is 35.6 Å². The molecule has 0 saturated heterocycles. The van der Waals surface area contributed by atoms with Crippen LogP contribution in [0.15, 0.2) is 29.3 Å². The van der Waals surface area contributed by atoms with Gasteiger partial charge in [-0.2, -0.15) is 0 Å². The molecule has 1 aromatic carbocycles. The van der Waals surface area contributed by atoms with Crippen molar-refractivity contribution >= 4 is 41.5 Å². The molecule has 0 amide bonds. The van der Waals surface area contributed by atoms with E-state index in [2.05, 4.69) is 44.5 Å². The van der Waals surface area contributed by atoms with Gasteiger partial charge in [0.2, 0.25) is 0 Å². The molecule has 0 bridgehead atoms. The van der Waals surface area contributed by atoms with Crippen LogP contribution in [0.5, 0.6) is 0 Å². The number of hydrogen-bond acceptors (Lipinski definition) is 3. The van der Waals surface area contributed by atoms with Gasteiger partial charge in [0.25, 0.3) is 0 Å². The lowest BCUT2D eigenvalue weighted by atomic mass is 9.96. The Balaban J connectivity index is 0.00000240. The molecule has 2 N–H and O–H groups in total. The first-order valence-corrected chi connectivity index (χ1v) is 10.8. The minimum atomic E-state index is 0. The highest BCUT2D eigenvalue weighted by Crippen LogP contribution is 2.48. The lowest BCUT2D eigenvalue weighted by Crippen LogP contribution is -2.41. The molecule has 0 unspecified atom stereocenters. The van der Waals surface area contributed by atoms with Gasteiger partial charge in [-0.25, -0.2) is 4.99 Å². The Morgan fingerprint density at radius 1 is 1.21 bits per heavy atom. The Bertz CT molecular complexity index is 845. The molecule has 0 spiro atoms. The zero-order valence-electron chi connectivity index (χ0n) is 17.0. The fourth-order valence-electron chi connectivity index (χ4n) is 3.94. The molecule has 158 valence electrons. The predicted octanol–water partition coefficient (Wildman–Crippen LogP) is 4.06. The minimum Gasteiger partial charge on any atom is -0.357 e. The van der Waals surface area contributed by atoms with Crippen molar-refractivity contribution in [1.29, 1.82) is 0 Å². The summed E-state index contributed by atoms with van der Waals surface area (Å²) in [5.74, 6) is 2.91. The molecule has 0 radical (unpaired) electrons. The molecule has 6 nitrogen and oxygen atoms in total. The summed E-state index contributed by atoms with van der Waals surface area (Å²) in [5, 5.41) is 16.5. The number of nitrogens with zero attached hydrogens (tertiary/aromatic N) is 4. The van der Waals surface area contributed by atoms with Crippen molar-refractivity contribution in [2.45, 2.75) is 64.0 Å². The van der Waals surface area contributed by atoms with Crippen molar-refractivity contribution in [3.05, 3.63) is 46.5 Å². The molecule has 1 aromatic heterocycles. The summed E-state index contributed by atoms with van der Waals surface area (Å²) in [5.41, 5.74) is 1.48. The molecule has 4 rings (SSSR count). The normalized spacial score (nSPS) is 17.7. The van der Waals surface area contributed by atoms with Crippen molar-refractivity contribution in [2.75, 3.05) is 13.1 Å². The third-order valence-electron chi connectivity index (χ3n) is 5.79. The van der Waals surface area contributed by atoms with Gasteiger partial charge in [0.05, 0.1) is 0 Å². The maximum atomic E-state index is 6.20. The summed E-state index contributed by atoms with van der Waals surface area (Å²) in [4.78, 5) is 4.78. The predicted molar refractivity (Wildman–Crippen MR) is 128 cm³/mol. The maximum Gasteiger partial charge on any atom is 0.191 e. The van der Waals surface area contributed by atoms with Crippen LogP contribution < -0.4 is 10.6 Å². The molecule has 29 heavy (non-hydrogen) atoms. The number of aryl methyl sites for hydroxylation is 1. The van der Waals surface area contributed by atoms with E-state index in [-0.39, 0.29) is 29.4 Å². The summed E-state index contributed by atoms with van der Waals surface area (Å²) >= 11 is 6.20. The van der Waals surface area contributed by atoms with Crippen LogP contribution in [-0.4, -0.2) is 33.8 Å². The Morgan fingerprint density at radius 3 is 2.83 bits per heavy atom. The van der Waals surface area contributed by atoms with E-state index in [0.717, 1.165) is 48.7 Å². The molecule has 1 aliphatic carbocycles. The molecule has 2 aliphatic rings. The lowest BCUT2D eigenvalue weighted by molar-refractivity contribution is 0.604. The highest BCUT2D eigenvalue weighted by Gasteiger charge is 2.44. The highest BCUT2D eigenvalue weighted by atomic mass is 127. The van der Waals surface area contributed by atoms with Crippen LogP contribution in [0.4, 0.5) is 0 Å². The summed E-state index contributed by atoms with van der Waals surface area (Å²) in [6.45, 7) is 5.33. The van der Waals surface area contributed by atoms with Gasteiger partial charge >= 0.3 is 0 Å². The van der Waals surface area contributed by atoms with Crippen LogP contribution in [-0.2, 0) is 24.9 Å². The minimum absolute atomic E-state index is 0. The van der Waals surface area contributed by atoms with Gasteiger partial charge in [-0.3, -0.25) is 0 Å². The number of halogens is 2. The number of guanidine groups is 1. The smallest absolute Gasteiger partial charge is 0.191 e. The average molecular weight is 529 g/mol. The van der Waals surface area contributed by atoms with E-state index >= 15 is 0 Å². The first-order chi connectivity index (χ1) is 13.7. The second kappa shape index (κ2) is 10.1. The Labute approximate surface area is 194 Å². The fourth-order valence-corrected chi connectivity index (χ4v) is 4.13. The van der Waals surface area contributed by atoms with Gasteiger partial charge in [0, 0.05) is 36.5 Å². The number of nitrogens with one attached hydrogen (secondary N) is 2. The average Bonchev–Trinajstić information content (AvgIpc) is 3.45. The molecule has 1 saturated carbocycles. The summed E-state index contributed by atoms with van der Waals surface area (Å²) in [6.07, 6.45) is 7.05. The Hall–Kier alpha value is -1.35. The van der Waals surface area contributed by atoms with Crippen molar-refractivity contribution in [1.82, 2.24) is 25.4 Å². The van der Waals surface area contributed by atoms with E-state index in [1.54, 1.807) is 0 Å². The van der Waals surface area contributed by atoms with E-state index in [1.165, 1.54) is 37.7 Å². The van der Waals surface area contributed by atoms with Crippen LogP contribution in [0.1, 0.15) is 56.2 Å². The van der Waals surface area contributed by atoms with Crippen molar-refractivity contribution < 1.29 is 0 Å². The van der Waals surface area contributed by atoms with Crippen LogP contribution in [0.3, 0.4) is 0 Å². The Kier molecular flexibility index (Phi) is 7.79. The van der Waals surface area contributed by atoms with E-state index in [4.69, 9.17) is 16.6 Å². The Morgan fingerprint density at radius 2 is 2.07 bits per heavy atom. The molecule has 1 fully saturated rings. The number of aromatic nitrogens is 3. The molecule has 2 aromatic rings. The zero-order valence-corrected chi connectivity index (χ0v) is 20.0. The highest BCUT2D eigenvalue weighted by molar-refractivity contribution is 14.0. The van der Waals surface area contributed by atoms with Crippen molar-refractivity contribution in [3.8, 4) is 0 Å². The first kappa shape index (κ1) is 22.3. The van der Waals surface area contributed by atoms with Crippen LogP contribution in [0.25, 0.3) is 0 Å². The van der Waals surface area contributed by atoms with Gasteiger partial charge in [-0.15, -0.1) is 34.2 Å². The monoisotopic (exact) mass is 528 g/mol. The number of benzene rings is 1. The van der Waals surface area contributed by atoms with E-state index < -0.39 is 0 Å². The SMILES string of the molecule is CCNC(=NCc1nnc2n1CCCCC2)NCC1(c2cccc(Cl)c2)CC1.I. The lowest BCUT2D eigenvalue weighted by Gasteiger charge is -2.19. The van der Waals surface area contributed by atoms with Gasteiger partial charge in [0.15, 0.2) is 11.8 Å². The second-order valence-corrected chi connectivity index (χ2v) is 8.27. The van der Waals surface area contributed by atoms with Crippen molar-refractivity contribution in [3.63, 3.8) is 0 Å². The van der Waals surface area contributed by atoms with Gasteiger partial charge in [-0.1, -0.05) is 30.2 Å². The van der Waals surface area contributed by atoms with Crippen LogP contribution in [0, 0.1) is 0 Å². The number of hydrogen-bond donors (Lipinski definition) is 2. The van der Waals surface area contributed by atoms with Gasteiger partial charge in [-0.05, 0) is 50.3 Å². The largest absolute Gasteiger partial charge is 0.357 e. The fraction of sp³-hybridized carbons (Fsp3) is 0.571.